The van der Waals surface area contributed by atoms with E-state index in [1.165, 1.54) is 30.5 Å². The highest BCUT2D eigenvalue weighted by Crippen LogP contribution is 2.26. The first kappa shape index (κ1) is 18.7. The van der Waals surface area contributed by atoms with Crippen LogP contribution in [-0.4, -0.2) is 18.3 Å². The van der Waals surface area contributed by atoms with E-state index in [-0.39, 0.29) is 11.9 Å². The van der Waals surface area contributed by atoms with Crippen molar-refractivity contribution in [3.63, 3.8) is 0 Å². The molecule has 0 saturated carbocycles. The Balaban J connectivity index is 1.89. The van der Waals surface area contributed by atoms with Gasteiger partial charge < -0.3 is 10.1 Å². The van der Waals surface area contributed by atoms with Gasteiger partial charge in [-0.3, -0.25) is 0 Å². The van der Waals surface area contributed by atoms with Crippen LogP contribution in [0.3, 0.4) is 0 Å². The lowest BCUT2D eigenvalue weighted by molar-refractivity contribution is 0.217. The fourth-order valence-electron chi connectivity index (χ4n) is 1.85. The second-order valence-corrected chi connectivity index (χ2v) is 5.76. The third-order valence-corrected chi connectivity index (χ3v) is 3.64. The lowest BCUT2D eigenvalue weighted by Gasteiger charge is -2.13. The first-order chi connectivity index (χ1) is 12.0. The molecule has 0 saturated heterocycles. The molecule has 2 aromatic carbocycles. The number of nitrogens with one attached hydrogen (secondary N) is 2. The predicted octanol–water partition coefficient (Wildman–Crippen LogP) is 4.81. The van der Waals surface area contributed by atoms with Crippen LogP contribution in [0.15, 0.2) is 47.6 Å². The summed E-state index contributed by atoms with van der Waals surface area (Å²) in [6.07, 6.45) is 2.42. The molecule has 2 N–H and O–H groups in total. The second-order valence-electron chi connectivity index (χ2n) is 5.36. The minimum atomic E-state index is -0.536. The van der Waals surface area contributed by atoms with Crippen molar-refractivity contribution in [3.8, 4) is 5.75 Å². The number of nitrogens with zero attached hydrogens (tertiary/aromatic N) is 1. The van der Waals surface area contributed by atoms with Gasteiger partial charge in [0.05, 0.1) is 17.3 Å². The summed E-state index contributed by atoms with van der Waals surface area (Å²) in [5, 5.41) is 6.84. The summed E-state index contributed by atoms with van der Waals surface area (Å²) in [7, 11) is 0. The van der Waals surface area contributed by atoms with Gasteiger partial charge in [0.15, 0.2) is 0 Å². The van der Waals surface area contributed by atoms with Crippen LogP contribution in [0, 0.1) is 5.82 Å². The van der Waals surface area contributed by atoms with Gasteiger partial charge in [-0.25, -0.2) is 14.6 Å². The molecule has 0 spiro atoms. The summed E-state index contributed by atoms with van der Waals surface area (Å²) < 4.78 is 18.5. The van der Waals surface area contributed by atoms with Crippen molar-refractivity contribution in [1.82, 2.24) is 5.43 Å². The topological polar surface area (TPSA) is 62.7 Å². The van der Waals surface area contributed by atoms with Gasteiger partial charge in [0.2, 0.25) is 0 Å². The van der Waals surface area contributed by atoms with Crippen molar-refractivity contribution in [2.75, 3.05) is 5.32 Å². The minimum Gasteiger partial charge on any atom is -0.489 e. The first-order valence-electron chi connectivity index (χ1n) is 7.79. The number of ether oxygens (including phenoxy) is 1. The summed E-state index contributed by atoms with van der Waals surface area (Å²) >= 11 is 6.18. The smallest absolute Gasteiger partial charge is 0.339 e. The molecule has 2 rings (SSSR count). The van der Waals surface area contributed by atoms with Crippen LogP contribution in [0.25, 0.3) is 0 Å². The van der Waals surface area contributed by atoms with E-state index in [4.69, 9.17) is 16.3 Å². The highest BCUT2D eigenvalue weighted by Gasteiger charge is 2.06. The minimum absolute atomic E-state index is 0.0776. The average Bonchev–Trinajstić information content (AvgIpc) is 2.59. The van der Waals surface area contributed by atoms with E-state index in [9.17, 15) is 9.18 Å². The molecule has 2 amide bonds. The Morgan fingerprint density at radius 2 is 2.04 bits per heavy atom. The lowest BCUT2D eigenvalue weighted by atomic mass is 10.2. The second kappa shape index (κ2) is 9.03. The standard InChI is InChI=1S/C18H19ClFN3O2/c1-3-12(2)25-17-9-4-13(10-16(17)19)11-21-23-18(24)22-15-7-5-14(20)6-8-15/h4-12H,3H2,1-2H3,(H2,22,23,24)/b21-11+/t12-/m0/s1. The highest BCUT2D eigenvalue weighted by atomic mass is 35.5. The SMILES string of the molecule is CC[C@H](C)Oc1ccc(/C=N/NC(=O)Nc2ccc(F)cc2)cc1Cl. The number of carbonyl (C=O) groups excluding carboxylic acids is 1. The normalized spacial score (nSPS) is 12.0. The number of hydrogen-bond acceptors (Lipinski definition) is 3. The van der Waals surface area contributed by atoms with Crippen molar-refractivity contribution in [2.24, 2.45) is 5.10 Å². The number of rotatable bonds is 6. The Kier molecular flexibility index (Phi) is 6.77. The summed E-state index contributed by atoms with van der Waals surface area (Å²) in [4.78, 5) is 11.7. The largest absolute Gasteiger partial charge is 0.489 e. The monoisotopic (exact) mass is 363 g/mol. The van der Waals surface area contributed by atoms with Crippen molar-refractivity contribution in [3.05, 3.63) is 58.9 Å². The van der Waals surface area contributed by atoms with Crippen molar-refractivity contribution in [2.45, 2.75) is 26.4 Å². The zero-order valence-electron chi connectivity index (χ0n) is 13.9. The summed E-state index contributed by atoms with van der Waals surface area (Å²) in [5.41, 5.74) is 3.49. The molecule has 0 fully saturated rings. The molecule has 25 heavy (non-hydrogen) atoms. The number of hydrogen-bond donors (Lipinski definition) is 2. The van der Waals surface area contributed by atoms with Crippen molar-refractivity contribution in [1.29, 1.82) is 0 Å². The molecule has 7 heteroatoms. The third-order valence-electron chi connectivity index (χ3n) is 3.34. The van der Waals surface area contributed by atoms with E-state index in [0.717, 1.165) is 6.42 Å². The van der Waals surface area contributed by atoms with Gasteiger partial charge in [-0.05, 0) is 61.4 Å². The van der Waals surface area contributed by atoms with Crippen LogP contribution in [0.2, 0.25) is 5.02 Å². The zero-order chi connectivity index (χ0) is 18.2. The van der Waals surface area contributed by atoms with Gasteiger partial charge >= 0.3 is 6.03 Å². The molecule has 5 nitrogen and oxygen atoms in total. The van der Waals surface area contributed by atoms with Gasteiger partial charge in [0, 0.05) is 5.69 Å². The van der Waals surface area contributed by atoms with Crippen LogP contribution < -0.4 is 15.5 Å². The predicted molar refractivity (Wildman–Crippen MR) is 98.0 cm³/mol. The maximum absolute atomic E-state index is 12.8. The highest BCUT2D eigenvalue weighted by molar-refractivity contribution is 6.32. The van der Waals surface area contributed by atoms with E-state index in [0.29, 0.717) is 22.0 Å². The fourth-order valence-corrected chi connectivity index (χ4v) is 2.08. The molecule has 0 aromatic heterocycles. The van der Waals surface area contributed by atoms with Crippen molar-refractivity contribution >= 4 is 29.5 Å². The Morgan fingerprint density at radius 3 is 2.68 bits per heavy atom. The number of halogens is 2. The lowest BCUT2D eigenvalue weighted by Crippen LogP contribution is -2.24. The number of amides is 2. The Morgan fingerprint density at radius 1 is 1.32 bits per heavy atom. The molecule has 0 heterocycles. The number of benzene rings is 2. The van der Waals surface area contributed by atoms with Gasteiger partial charge in [-0.1, -0.05) is 18.5 Å². The maximum Gasteiger partial charge on any atom is 0.339 e. The molecule has 0 aliphatic rings. The van der Waals surface area contributed by atoms with Crippen LogP contribution in [0.4, 0.5) is 14.9 Å². The van der Waals surface area contributed by atoms with Gasteiger partial charge in [-0.15, -0.1) is 0 Å². The van der Waals surface area contributed by atoms with Gasteiger partial charge in [0.1, 0.15) is 11.6 Å². The molecule has 0 aliphatic carbocycles. The van der Waals surface area contributed by atoms with Gasteiger partial charge in [0.25, 0.3) is 0 Å². The van der Waals surface area contributed by atoms with Crippen LogP contribution in [0.1, 0.15) is 25.8 Å². The molecule has 1 atom stereocenters. The Bertz CT molecular complexity index is 750. The molecule has 132 valence electrons. The van der Waals surface area contributed by atoms with E-state index in [2.05, 4.69) is 15.8 Å². The van der Waals surface area contributed by atoms with E-state index < -0.39 is 6.03 Å². The molecule has 2 aromatic rings. The van der Waals surface area contributed by atoms with E-state index >= 15 is 0 Å². The maximum atomic E-state index is 12.8. The Labute approximate surface area is 150 Å². The molecule has 0 radical (unpaired) electrons. The number of carbonyl (C=O) groups is 1. The molecular weight excluding hydrogens is 345 g/mol. The van der Waals surface area contributed by atoms with Crippen molar-refractivity contribution < 1.29 is 13.9 Å². The quantitative estimate of drug-likeness (QED) is 0.571. The molecule has 0 bridgehead atoms. The first-order valence-corrected chi connectivity index (χ1v) is 8.17. The third kappa shape index (κ3) is 6.08. The molecular formula is C18H19ClFN3O2. The van der Waals surface area contributed by atoms with Crippen LogP contribution in [0.5, 0.6) is 5.75 Å². The number of hydrazone groups is 1. The summed E-state index contributed by atoms with van der Waals surface area (Å²) in [5.74, 6) is 0.233. The average molecular weight is 364 g/mol. The van der Waals surface area contributed by atoms with E-state index in [1.54, 1.807) is 18.2 Å². The number of urea groups is 1. The summed E-state index contributed by atoms with van der Waals surface area (Å²) in [6, 6.07) is 10.1. The summed E-state index contributed by atoms with van der Waals surface area (Å²) in [6.45, 7) is 4.00. The zero-order valence-corrected chi connectivity index (χ0v) is 14.7. The number of anilines is 1. The Hall–Kier alpha value is -2.60. The molecule has 0 unspecified atom stereocenters. The van der Waals surface area contributed by atoms with E-state index in [1.807, 2.05) is 13.8 Å². The fraction of sp³-hybridized carbons (Fsp3) is 0.222. The van der Waals surface area contributed by atoms with Crippen LogP contribution >= 0.6 is 11.6 Å². The van der Waals surface area contributed by atoms with Gasteiger partial charge in [-0.2, -0.15) is 5.10 Å². The molecule has 0 aliphatic heterocycles. The van der Waals surface area contributed by atoms with Crippen LogP contribution in [-0.2, 0) is 0 Å².